The molecule has 12 heavy (non-hydrogen) atoms. The van der Waals surface area contributed by atoms with Gasteiger partial charge in [0, 0.05) is 0 Å². The van der Waals surface area contributed by atoms with Gasteiger partial charge < -0.3 is 5.73 Å². The molecular weight excluding hydrogens is 241 g/mol. The van der Waals surface area contributed by atoms with Gasteiger partial charge in [-0.25, -0.2) is 9.97 Å². The van der Waals surface area contributed by atoms with Gasteiger partial charge in [-0.05, 0) is 22.9 Å². The van der Waals surface area contributed by atoms with Gasteiger partial charge in [0.1, 0.15) is 10.4 Å². The fraction of sp³-hybridized carbons (Fsp3) is 0.429. The van der Waals surface area contributed by atoms with Crippen LogP contribution in [0.4, 0.5) is 5.82 Å². The molecule has 5 heteroatoms. The number of hydrogen-bond donors (Lipinski definition) is 1. The van der Waals surface area contributed by atoms with Crippen molar-refractivity contribution in [3.63, 3.8) is 0 Å². The highest BCUT2D eigenvalue weighted by atomic mass is 79.9. The summed E-state index contributed by atoms with van der Waals surface area (Å²) in [5.74, 6) is 0.369. The monoisotopic (exact) mass is 251 g/mol. The number of hydrogen-bond acceptors (Lipinski definition) is 3. The molecule has 0 aromatic carbocycles. The van der Waals surface area contributed by atoms with Gasteiger partial charge in [-0.1, -0.05) is 25.4 Å². The quantitative estimate of drug-likeness (QED) is 0.772. The Kier molecular flexibility index (Phi) is 5.17. The number of nitrogens with zero attached hydrogens (tertiary/aromatic N) is 2. The number of halogens is 2. The molecule has 2 N–H and O–H groups in total. The first-order valence-electron chi connectivity index (χ1n) is 3.56. The minimum atomic E-state index is 0.295. The summed E-state index contributed by atoms with van der Waals surface area (Å²) in [7, 11) is 0. The molecule has 0 bridgehead atoms. The standard InChI is InChI=1S/C5H5BrClN3.C2H6/c1-2-5(8)10-4(7)3(6)9-2;1-2/h1H3,(H2,8,10);1-2H3. The van der Waals surface area contributed by atoms with E-state index in [2.05, 4.69) is 25.9 Å². The molecule has 0 amide bonds. The second-order valence-corrected chi connectivity index (χ2v) is 2.89. The molecule has 0 aliphatic carbocycles. The highest BCUT2D eigenvalue weighted by Gasteiger charge is 2.02. The summed E-state index contributed by atoms with van der Waals surface area (Å²) >= 11 is 8.70. The van der Waals surface area contributed by atoms with Gasteiger partial charge >= 0.3 is 0 Å². The van der Waals surface area contributed by atoms with E-state index in [0.29, 0.717) is 21.3 Å². The van der Waals surface area contributed by atoms with Gasteiger partial charge in [0.05, 0.1) is 5.69 Å². The lowest BCUT2D eigenvalue weighted by atomic mass is 10.5. The second-order valence-electron chi connectivity index (χ2n) is 1.78. The van der Waals surface area contributed by atoms with Crippen molar-refractivity contribution >= 4 is 33.3 Å². The first-order valence-corrected chi connectivity index (χ1v) is 4.73. The molecule has 0 saturated heterocycles. The maximum Gasteiger partial charge on any atom is 0.164 e. The van der Waals surface area contributed by atoms with E-state index in [9.17, 15) is 0 Å². The minimum absolute atomic E-state index is 0.295. The van der Waals surface area contributed by atoms with Crippen LogP contribution in [0.2, 0.25) is 5.15 Å². The van der Waals surface area contributed by atoms with Crippen LogP contribution < -0.4 is 5.73 Å². The summed E-state index contributed by atoms with van der Waals surface area (Å²) in [5.41, 5.74) is 6.09. The summed E-state index contributed by atoms with van der Waals surface area (Å²) < 4.78 is 0.529. The van der Waals surface area contributed by atoms with Gasteiger partial charge in [0.15, 0.2) is 5.15 Å². The number of anilines is 1. The largest absolute Gasteiger partial charge is 0.382 e. The lowest BCUT2D eigenvalue weighted by molar-refractivity contribution is 1.10. The van der Waals surface area contributed by atoms with E-state index in [0.717, 1.165) is 0 Å². The molecular formula is C7H11BrClN3. The van der Waals surface area contributed by atoms with Crippen LogP contribution in [-0.4, -0.2) is 9.97 Å². The van der Waals surface area contributed by atoms with Gasteiger partial charge in [-0.15, -0.1) is 0 Å². The van der Waals surface area contributed by atoms with E-state index >= 15 is 0 Å². The molecule has 1 aromatic rings. The average molecular weight is 253 g/mol. The molecule has 0 unspecified atom stereocenters. The number of rotatable bonds is 0. The van der Waals surface area contributed by atoms with Crippen molar-refractivity contribution in [3.05, 3.63) is 15.5 Å². The van der Waals surface area contributed by atoms with Crippen LogP contribution in [0.25, 0.3) is 0 Å². The van der Waals surface area contributed by atoms with E-state index < -0.39 is 0 Å². The molecule has 1 heterocycles. The van der Waals surface area contributed by atoms with Crippen molar-refractivity contribution in [2.75, 3.05) is 5.73 Å². The van der Waals surface area contributed by atoms with Gasteiger partial charge in [0.2, 0.25) is 0 Å². The predicted molar refractivity (Wildman–Crippen MR) is 55.2 cm³/mol. The number of nitrogens with two attached hydrogens (primary N) is 1. The maximum absolute atomic E-state index is 5.59. The van der Waals surface area contributed by atoms with Crippen LogP contribution in [0.1, 0.15) is 19.5 Å². The summed E-state index contributed by atoms with van der Waals surface area (Å²) in [4.78, 5) is 7.78. The predicted octanol–water partition coefficient (Wildman–Crippen LogP) is 2.81. The fourth-order valence-electron chi connectivity index (χ4n) is 0.483. The number of aromatic nitrogens is 2. The highest BCUT2D eigenvalue weighted by molar-refractivity contribution is 9.10. The van der Waals surface area contributed by atoms with Crippen molar-refractivity contribution in [1.29, 1.82) is 0 Å². The Morgan fingerprint density at radius 2 is 1.83 bits per heavy atom. The molecule has 1 rings (SSSR count). The SMILES string of the molecule is CC.Cc1nc(Br)c(Cl)nc1N. The number of aryl methyl sites for hydroxylation is 1. The van der Waals surface area contributed by atoms with Crippen molar-refractivity contribution in [3.8, 4) is 0 Å². The first kappa shape index (κ1) is 11.6. The number of nitrogen functional groups attached to an aromatic ring is 1. The van der Waals surface area contributed by atoms with Gasteiger partial charge in [-0.2, -0.15) is 0 Å². The molecule has 0 fully saturated rings. The van der Waals surface area contributed by atoms with E-state index in [1.54, 1.807) is 6.92 Å². The zero-order valence-corrected chi connectivity index (χ0v) is 9.57. The maximum atomic E-state index is 5.59. The van der Waals surface area contributed by atoms with Gasteiger partial charge in [0.25, 0.3) is 0 Å². The second kappa shape index (κ2) is 5.32. The van der Waals surface area contributed by atoms with Crippen molar-refractivity contribution in [1.82, 2.24) is 9.97 Å². The molecule has 0 saturated carbocycles. The molecule has 0 aliphatic rings. The van der Waals surface area contributed by atoms with Crippen LogP contribution >= 0.6 is 27.5 Å². The molecule has 0 radical (unpaired) electrons. The Hall–Kier alpha value is -0.350. The van der Waals surface area contributed by atoms with E-state index in [1.165, 1.54) is 0 Å². The lowest BCUT2D eigenvalue weighted by Gasteiger charge is -1.98. The molecule has 0 atom stereocenters. The van der Waals surface area contributed by atoms with Crippen molar-refractivity contribution in [2.24, 2.45) is 0 Å². The topological polar surface area (TPSA) is 51.8 Å². The third-order valence-electron chi connectivity index (χ3n) is 1.03. The van der Waals surface area contributed by atoms with E-state index in [4.69, 9.17) is 17.3 Å². The molecule has 0 aliphatic heterocycles. The van der Waals surface area contributed by atoms with Crippen molar-refractivity contribution < 1.29 is 0 Å². The Labute approximate surface area is 85.5 Å². The van der Waals surface area contributed by atoms with Crippen LogP contribution in [0, 0.1) is 6.92 Å². The lowest BCUT2D eigenvalue weighted by Crippen LogP contribution is -1.97. The van der Waals surface area contributed by atoms with E-state index in [1.807, 2.05) is 13.8 Å². The Bertz CT molecular complexity index is 215. The highest BCUT2D eigenvalue weighted by Crippen LogP contribution is 2.19. The molecule has 1 aromatic heterocycles. The minimum Gasteiger partial charge on any atom is -0.382 e. The first-order chi connectivity index (χ1) is 5.61. The smallest absolute Gasteiger partial charge is 0.164 e. The van der Waals surface area contributed by atoms with Crippen LogP contribution in [0.5, 0.6) is 0 Å². The third-order valence-corrected chi connectivity index (χ3v) is 2.07. The zero-order chi connectivity index (χ0) is 9.72. The summed E-state index contributed by atoms with van der Waals surface area (Å²) in [6.07, 6.45) is 0. The van der Waals surface area contributed by atoms with Crippen LogP contribution in [-0.2, 0) is 0 Å². The summed E-state index contributed by atoms with van der Waals surface area (Å²) in [6, 6.07) is 0. The molecule has 68 valence electrons. The summed E-state index contributed by atoms with van der Waals surface area (Å²) in [5, 5.41) is 0.295. The van der Waals surface area contributed by atoms with Gasteiger partial charge in [-0.3, -0.25) is 0 Å². The van der Waals surface area contributed by atoms with Crippen LogP contribution in [0.15, 0.2) is 4.60 Å². The normalized spacial score (nSPS) is 8.75. The Balaban J connectivity index is 0.000000561. The third kappa shape index (κ3) is 2.95. The van der Waals surface area contributed by atoms with E-state index in [-0.39, 0.29) is 0 Å². The molecule has 3 nitrogen and oxygen atoms in total. The Morgan fingerprint density at radius 1 is 1.33 bits per heavy atom. The van der Waals surface area contributed by atoms with Crippen molar-refractivity contribution in [2.45, 2.75) is 20.8 Å². The average Bonchev–Trinajstić information content (AvgIpc) is 2.05. The fourth-order valence-corrected chi connectivity index (χ4v) is 0.971. The molecule has 0 spiro atoms. The zero-order valence-electron chi connectivity index (χ0n) is 7.23. The van der Waals surface area contributed by atoms with Crippen LogP contribution in [0.3, 0.4) is 0 Å². The Morgan fingerprint density at radius 3 is 2.25 bits per heavy atom. The summed E-state index contributed by atoms with van der Waals surface area (Å²) in [6.45, 7) is 5.77.